The van der Waals surface area contributed by atoms with Crippen molar-refractivity contribution < 1.29 is 13.9 Å². The number of halogens is 2. The van der Waals surface area contributed by atoms with Crippen molar-refractivity contribution in [3.05, 3.63) is 90.1 Å². The van der Waals surface area contributed by atoms with Crippen LogP contribution in [0, 0.1) is 11.6 Å². The van der Waals surface area contributed by atoms with Gasteiger partial charge in [0.2, 0.25) is 0 Å². The second-order valence-corrected chi connectivity index (χ2v) is 7.33. The molecule has 0 radical (unpaired) electrons. The van der Waals surface area contributed by atoms with E-state index in [-0.39, 0.29) is 12.1 Å². The average Bonchev–Trinajstić information content (AvgIpc) is 3.39. The third kappa shape index (κ3) is 3.61. The van der Waals surface area contributed by atoms with Crippen LogP contribution < -0.4 is 0 Å². The van der Waals surface area contributed by atoms with Crippen molar-refractivity contribution >= 4 is 0 Å². The van der Waals surface area contributed by atoms with Crippen LogP contribution in [0.2, 0.25) is 0 Å². The molecule has 2 aromatic carbocycles. The van der Waals surface area contributed by atoms with Gasteiger partial charge in [-0.1, -0.05) is 37.3 Å². The van der Waals surface area contributed by atoms with Crippen LogP contribution in [0.5, 0.6) is 0 Å². The van der Waals surface area contributed by atoms with Gasteiger partial charge in [-0.05, 0) is 23.3 Å². The van der Waals surface area contributed by atoms with Crippen LogP contribution in [0.4, 0.5) is 8.78 Å². The van der Waals surface area contributed by atoms with Crippen molar-refractivity contribution in [2.24, 2.45) is 7.05 Å². The number of benzene rings is 2. The molecule has 8 heteroatoms. The van der Waals surface area contributed by atoms with Crippen molar-refractivity contribution in [2.45, 2.75) is 25.0 Å². The number of rotatable bonds is 6. The molecule has 0 bridgehead atoms. The molecule has 0 spiro atoms. The van der Waals surface area contributed by atoms with Crippen molar-refractivity contribution in [3.63, 3.8) is 0 Å². The van der Waals surface area contributed by atoms with Crippen molar-refractivity contribution in [1.29, 1.82) is 0 Å². The fourth-order valence-corrected chi connectivity index (χ4v) is 3.73. The molecule has 0 fully saturated rings. The van der Waals surface area contributed by atoms with E-state index in [0.717, 1.165) is 29.0 Å². The summed E-state index contributed by atoms with van der Waals surface area (Å²) in [6.45, 7) is 1.76. The zero-order chi connectivity index (χ0) is 21.3. The summed E-state index contributed by atoms with van der Waals surface area (Å²) < 4.78 is 31.4. The van der Waals surface area contributed by atoms with Gasteiger partial charge in [0, 0.05) is 30.8 Å². The van der Waals surface area contributed by atoms with Gasteiger partial charge in [0.1, 0.15) is 29.9 Å². The first-order valence-electron chi connectivity index (χ1n) is 9.47. The first-order valence-corrected chi connectivity index (χ1v) is 9.47. The lowest BCUT2D eigenvalue weighted by Gasteiger charge is -2.35. The van der Waals surface area contributed by atoms with Crippen LogP contribution in [0.15, 0.2) is 67.4 Å². The predicted molar refractivity (Wildman–Crippen MR) is 107 cm³/mol. The zero-order valence-corrected chi connectivity index (χ0v) is 16.6. The highest BCUT2D eigenvalue weighted by atomic mass is 19.1. The molecule has 30 heavy (non-hydrogen) atoms. The van der Waals surface area contributed by atoms with E-state index in [4.69, 9.17) is 0 Å². The normalized spacial score (nSPS) is 14.4. The Kier molecular flexibility index (Phi) is 5.17. The van der Waals surface area contributed by atoms with Crippen molar-refractivity contribution in [2.75, 3.05) is 0 Å². The topological polar surface area (TPSA) is 68.8 Å². The molecular formula is C22H21F2N5O. The van der Waals surface area contributed by atoms with Crippen LogP contribution in [-0.2, 0) is 19.2 Å². The molecule has 0 aliphatic rings. The van der Waals surface area contributed by atoms with E-state index >= 15 is 0 Å². The zero-order valence-electron chi connectivity index (χ0n) is 16.6. The Morgan fingerprint density at radius 2 is 1.83 bits per heavy atom. The van der Waals surface area contributed by atoms with Gasteiger partial charge in [-0.2, -0.15) is 10.2 Å². The van der Waals surface area contributed by atoms with Gasteiger partial charge in [0.15, 0.2) is 0 Å². The highest BCUT2D eigenvalue weighted by molar-refractivity contribution is 5.59. The van der Waals surface area contributed by atoms with Gasteiger partial charge >= 0.3 is 0 Å². The minimum atomic E-state index is -1.68. The smallest absolute Gasteiger partial charge is 0.137 e. The van der Waals surface area contributed by atoms with Gasteiger partial charge in [-0.25, -0.2) is 18.4 Å². The number of hydrogen-bond acceptors (Lipinski definition) is 4. The lowest BCUT2D eigenvalue weighted by Crippen LogP contribution is -2.38. The van der Waals surface area contributed by atoms with Gasteiger partial charge in [-0.15, -0.1) is 0 Å². The third-order valence-electron chi connectivity index (χ3n) is 5.51. The van der Waals surface area contributed by atoms with Gasteiger partial charge in [-0.3, -0.25) is 4.68 Å². The minimum absolute atomic E-state index is 0.00242. The molecular weight excluding hydrogens is 388 g/mol. The molecule has 4 aromatic rings. The maximum Gasteiger partial charge on any atom is 0.137 e. The lowest BCUT2D eigenvalue weighted by atomic mass is 9.77. The molecule has 154 valence electrons. The summed E-state index contributed by atoms with van der Waals surface area (Å²) in [5.74, 6) is -2.04. The summed E-state index contributed by atoms with van der Waals surface area (Å²) in [5, 5.41) is 19.9. The number of nitrogens with zero attached hydrogens (tertiary/aromatic N) is 5. The van der Waals surface area contributed by atoms with E-state index in [1.807, 2.05) is 37.4 Å². The van der Waals surface area contributed by atoms with Gasteiger partial charge < -0.3 is 5.11 Å². The van der Waals surface area contributed by atoms with Crippen molar-refractivity contribution in [3.8, 4) is 11.3 Å². The fraction of sp³-hybridized carbons (Fsp3) is 0.227. The van der Waals surface area contributed by atoms with Crippen molar-refractivity contribution in [1.82, 2.24) is 24.5 Å². The highest BCUT2D eigenvalue weighted by Gasteiger charge is 2.40. The predicted octanol–water partition coefficient (Wildman–Crippen LogP) is 3.65. The van der Waals surface area contributed by atoms with E-state index in [2.05, 4.69) is 15.2 Å². The Morgan fingerprint density at radius 3 is 2.43 bits per heavy atom. The largest absolute Gasteiger partial charge is 0.382 e. The van der Waals surface area contributed by atoms with Crippen LogP contribution in [0.3, 0.4) is 0 Å². The SMILES string of the molecule is CC(c1ccc(-c2ccnn2C)cc1)C(O)(Cn1cncn1)c1ccc(F)cc1F. The minimum Gasteiger partial charge on any atom is -0.382 e. The number of hydrogen-bond donors (Lipinski definition) is 1. The van der Waals surface area contributed by atoms with Crippen LogP contribution >= 0.6 is 0 Å². The average molecular weight is 409 g/mol. The summed E-state index contributed by atoms with van der Waals surface area (Å²) in [6.07, 6.45) is 4.51. The standard InChI is InChI=1S/C22H21F2N5O/c1-15(16-3-5-17(6-4-16)21-9-10-26-28(21)2)22(30,12-29-14-25-13-27-29)19-8-7-18(23)11-20(19)24/h3-11,13-15,30H,12H2,1-2H3. The Hall–Kier alpha value is -3.39. The molecule has 0 aliphatic carbocycles. The van der Waals surface area contributed by atoms with E-state index < -0.39 is 23.2 Å². The molecule has 2 heterocycles. The molecule has 6 nitrogen and oxygen atoms in total. The molecule has 4 rings (SSSR count). The fourth-order valence-electron chi connectivity index (χ4n) is 3.73. The van der Waals surface area contributed by atoms with Crippen LogP contribution in [0.25, 0.3) is 11.3 Å². The summed E-state index contributed by atoms with van der Waals surface area (Å²) in [6, 6.07) is 12.7. The second kappa shape index (κ2) is 7.79. The number of aliphatic hydroxyl groups is 1. The van der Waals surface area contributed by atoms with Crippen LogP contribution in [-0.4, -0.2) is 29.7 Å². The molecule has 2 atom stereocenters. The van der Waals surface area contributed by atoms with Crippen LogP contribution in [0.1, 0.15) is 24.0 Å². The number of aromatic nitrogens is 5. The van der Waals surface area contributed by atoms with E-state index in [1.165, 1.54) is 23.4 Å². The molecule has 0 amide bonds. The first kappa shape index (κ1) is 19.9. The Balaban J connectivity index is 1.74. The maximum atomic E-state index is 14.7. The van der Waals surface area contributed by atoms with E-state index in [0.29, 0.717) is 0 Å². The Morgan fingerprint density at radius 1 is 1.07 bits per heavy atom. The lowest BCUT2D eigenvalue weighted by molar-refractivity contribution is -0.0112. The molecule has 0 saturated heterocycles. The quantitative estimate of drug-likeness (QED) is 0.528. The van der Waals surface area contributed by atoms with Gasteiger partial charge in [0.05, 0.1) is 12.2 Å². The Bertz CT molecular complexity index is 1140. The molecule has 1 N–H and O–H groups in total. The molecule has 0 aliphatic heterocycles. The van der Waals surface area contributed by atoms with E-state index in [1.54, 1.807) is 17.8 Å². The van der Waals surface area contributed by atoms with Gasteiger partial charge in [0.25, 0.3) is 0 Å². The maximum absolute atomic E-state index is 14.7. The molecule has 2 aromatic heterocycles. The second-order valence-electron chi connectivity index (χ2n) is 7.33. The monoisotopic (exact) mass is 409 g/mol. The van der Waals surface area contributed by atoms with E-state index in [9.17, 15) is 13.9 Å². The summed E-state index contributed by atoms with van der Waals surface area (Å²) >= 11 is 0. The summed E-state index contributed by atoms with van der Waals surface area (Å²) in [4.78, 5) is 3.90. The highest BCUT2D eigenvalue weighted by Crippen LogP contribution is 2.40. The number of aryl methyl sites for hydroxylation is 1. The molecule has 2 unspecified atom stereocenters. The Labute approximate surface area is 172 Å². The summed E-state index contributed by atoms with van der Waals surface area (Å²) in [5.41, 5.74) is 1.05. The first-order chi connectivity index (χ1) is 14.4. The summed E-state index contributed by atoms with van der Waals surface area (Å²) in [7, 11) is 1.86. The molecule has 0 saturated carbocycles. The third-order valence-corrected chi connectivity index (χ3v) is 5.51.